The number of rotatable bonds is 7. The molecule has 0 atom stereocenters. The average Bonchev–Trinajstić information content (AvgIpc) is 3.49. The van der Waals surface area contributed by atoms with Crippen LogP contribution in [0.15, 0.2) is 46.1 Å². The summed E-state index contributed by atoms with van der Waals surface area (Å²) in [6.07, 6.45) is 3.56. The number of hydrogen-bond acceptors (Lipinski definition) is 9. The lowest BCUT2D eigenvalue weighted by atomic mass is 10.0. The standard InChI is InChI=1S/C22H19ClN4O7S/c1-31-15-5-4-13-14(28)6-9-33-19(13)21(15)35(29,30)26-22-17-16(34-25-22)10-12(18(23)20(17)32-2)11-27-8-3-7-24-27/h3-5,7-8,10H,6,9,11H2,1-2H3,(H,25,26). The number of benzene rings is 2. The predicted octanol–water partition coefficient (Wildman–Crippen LogP) is 3.51. The van der Waals surface area contributed by atoms with E-state index in [9.17, 15) is 13.2 Å². The predicted molar refractivity (Wildman–Crippen MR) is 125 cm³/mol. The molecule has 1 aliphatic rings. The van der Waals surface area contributed by atoms with Crippen LogP contribution in [0.5, 0.6) is 17.2 Å². The van der Waals surface area contributed by atoms with Crippen LogP contribution in [-0.4, -0.2) is 50.0 Å². The molecule has 5 rings (SSSR count). The highest BCUT2D eigenvalue weighted by atomic mass is 35.5. The van der Waals surface area contributed by atoms with E-state index in [-0.39, 0.29) is 68.3 Å². The first kappa shape index (κ1) is 23.0. The Kier molecular flexibility index (Phi) is 5.77. The second-order valence-electron chi connectivity index (χ2n) is 7.59. The second-order valence-corrected chi connectivity index (χ2v) is 9.59. The first-order valence-electron chi connectivity index (χ1n) is 10.4. The summed E-state index contributed by atoms with van der Waals surface area (Å²) in [5, 5.41) is 8.55. The molecule has 2 aromatic heterocycles. The van der Waals surface area contributed by atoms with Gasteiger partial charge >= 0.3 is 0 Å². The Hall–Kier alpha value is -3.77. The number of aromatic nitrogens is 3. The molecular weight excluding hydrogens is 500 g/mol. The average molecular weight is 519 g/mol. The Morgan fingerprint density at radius 1 is 1.26 bits per heavy atom. The van der Waals surface area contributed by atoms with E-state index in [1.165, 1.54) is 26.4 Å². The fourth-order valence-electron chi connectivity index (χ4n) is 3.92. The van der Waals surface area contributed by atoms with E-state index in [4.69, 9.17) is 30.3 Å². The van der Waals surface area contributed by atoms with Crippen LogP contribution >= 0.6 is 11.6 Å². The van der Waals surface area contributed by atoms with Gasteiger partial charge < -0.3 is 18.7 Å². The SMILES string of the molecule is COc1ccc2c(c1S(=O)(=O)Nc1noc3cc(Cn4cccn4)c(Cl)c(OC)c13)OCCC2=O. The Labute approximate surface area is 204 Å². The summed E-state index contributed by atoms with van der Waals surface area (Å²) >= 11 is 6.59. The second kappa shape index (κ2) is 8.78. The number of Topliss-reactive ketones (excluding diaryl/α,β-unsaturated/α-hetero) is 1. The minimum Gasteiger partial charge on any atom is -0.495 e. The van der Waals surface area contributed by atoms with Crippen LogP contribution in [0.1, 0.15) is 22.3 Å². The van der Waals surface area contributed by atoms with Crippen LogP contribution in [-0.2, 0) is 16.6 Å². The molecule has 182 valence electrons. The minimum absolute atomic E-state index is 0.00487. The van der Waals surface area contributed by atoms with Gasteiger partial charge in [0.25, 0.3) is 10.0 Å². The summed E-state index contributed by atoms with van der Waals surface area (Å²) in [5.41, 5.74) is 1.04. The van der Waals surface area contributed by atoms with Gasteiger partial charge in [-0.3, -0.25) is 14.2 Å². The van der Waals surface area contributed by atoms with Crippen LogP contribution in [0.25, 0.3) is 11.0 Å². The highest BCUT2D eigenvalue weighted by molar-refractivity contribution is 7.93. The summed E-state index contributed by atoms with van der Waals surface area (Å²) in [4.78, 5) is 12.0. The first-order valence-corrected chi connectivity index (χ1v) is 12.2. The maximum Gasteiger partial charge on any atom is 0.270 e. The number of nitrogens with one attached hydrogen (secondary N) is 1. The van der Waals surface area contributed by atoms with Gasteiger partial charge in [-0.2, -0.15) is 5.10 Å². The van der Waals surface area contributed by atoms with Crippen LogP contribution < -0.4 is 18.9 Å². The fraction of sp³-hybridized carbons (Fsp3) is 0.227. The third-order valence-electron chi connectivity index (χ3n) is 5.50. The van der Waals surface area contributed by atoms with E-state index in [1.54, 1.807) is 29.2 Å². The van der Waals surface area contributed by atoms with Gasteiger partial charge in [0, 0.05) is 18.8 Å². The largest absolute Gasteiger partial charge is 0.495 e. The number of sulfonamides is 1. The highest BCUT2D eigenvalue weighted by Gasteiger charge is 2.33. The molecule has 11 nitrogen and oxygen atoms in total. The molecule has 0 saturated carbocycles. The van der Waals surface area contributed by atoms with E-state index in [2.05, 4.69) is 15.0 Å². The van der Waals surface area contributed by atoms with Crippen molar-refractivity contribution in [2.24, 2.45) is 0 Å². The maximum atomic E-state index is 13.5. The third kappa shape index (κ3) is 3.94. The van der Waals surface area contributed by atoms with Crippen molar-refractivity contribution >= 4 is 44.2 Å². The van der Waals surface area contributed by atoms with Crippen LogP contribution in [0.2, 0.25) is 5.02 Å². The molecule has 13 heteroatoms. The first-order chi connectivity index (χ1) is 16.8. The van der Waals surface area contributed by atoms with Crippen molar-refractivity contribution in [1.82, 2.24) is 14.9 Å². The van der Waals surface area contributed by atoms with E-state index in [0.717, 1.165) is 0 Å². The Bertz CT molecular complexity index is 1550. The van der Waals surface area contributed by atoms with Crippen molar-refractivity contribution in [2.75, 3.05) is 25.5 Å². The van der Waals surface area contributed by atoms with Gasteiger partial charge in [0.1, 0.15) is 11.1 Å². The quantitative estimate of drug-likeness (QED) is 0.390. The molecule has 0 saturated heterocycles. The minimum atomic E-state index is -4.36. The normalized spacial score (nSPS) is 13.4. The Morgan fingerprint density at radius 2 is 2.09 bits per heavy atom. The van der Waals surface area contributed by atoms with E-state index in [1.807, 2.05) is 0 Å². The number of methoxy groups -OCH3 is 2. The molecule has 1 aliphatic heterocycles. The third-order valence-corrected chi connectivity index (χ3v) is 7.30. The zero-order valence-electron chi connectivity index (χ0n) is 18.6. The lowest BCUT2D eigenvalue weighted by molar-refractivity contribution is 0.0930. The van der Waals surface area contributed by atoms with Crippen molar-refractivity contribution in [3.63, 3.8) is 0 Å². The number of carbonyl (C=O) groups is 1. The van der Waals surface area contributed by atoms with E-state index >= 15 is 0 Å². The molecule has 0 aliphatic carbocycles. The number of anilines is 1. The van der Waals surface area contributed by atoms with E-state index in [0.29, 0.717) is 12.1 Å². The van der Waals surface area contributed by atoms with Crippen LogP contribution in [0, 0.1) is 0 Å². The lowest BCUT2D eigenvalue weighted by Crippen LogP contribution is -2.21. The fourth-order valence-corrected chi connectivity index (χ4v) is 5.54. The molecular formula is C22H19ClN4O7S. The van der Waals surface area contributed by atoms with Gasteiger partial charge in [0.05, 0.1) is 38.0 Å². The van der Waals surface area contributed by atoms with Crippen molar-refractivity contribution in [3.8, 4) is 17.2 Å². The molecule has 2 aromatic carbocycles. The van der Waals surface area contributed by atoms with E-state index < -0.39 is 10.0 Å². The molecule has 3 heterocycles. The van der Waals surface area contributed by atoms with Gasteiger partial charge in [0.15, 0.2) is 33.6 Å². The highest BCUT2D eigenvalue weighted by Crippen LogP contribution is 2.43. The van der Waals surface area contributed by atoms with Gasteiger partial charge in [-0.05, 0) is 29.8 Å². The van der Waals surface area contributed by atoms with Gasteiger partial charge in [-0.1, -0.05) is 16.8 Å². The number of nitrogens with zero attached hydrogens (tertiary/aromatic N) is 3. The monoisotopic (exact) mass is 518 g/mol. The van der Waals surface area contributed by atoms with Gasteiger partial charge in [-0.15, -0.1) is 0 Å². The number of carbonyl (C=O) groups excluding carboxylic acids is 1. The molecule has 0 spiro atoms. The van der Waals surface area contributed by atoms with Crippen molar-refractivity contribution in [1.29, 1.82) is 0 Å². The van der Waals surface area contributed by atoms with Crippen molar-refractivity contribution < 1.29 is 31.9 Å². The maximum absolute atomic E-state index is 13.5. The number of hydrogen-bond donors (Lipinski definition) is 1. The zero-order chi connectivity index (χ0) is 24.7. The Morgan fingerprint density at radius 3 is 2.80 bits per heavy atom. The molecule has 0 fully saturated rings. The molecule has 0 radical (unpaired) electrons. The summed E-state index contributed by atoms with van der Waals surface area (Å²) in [5.74, 6) is -0.266. The molecule has 35 heavy (non-hydrogen) atoms. The number of fused-ring (bicyclic) bond motifs is 2. The number of halogens is 1. The molecule has 0 unspecified atom stereocenters. The zero-order valence-corrected chi connectivity index (χ0v) is 20.1. The molecule has 0 amide bonds. The molecule has 1 N–H and O–H groups in total. The lowest BCUT2D eigenvalue weighted by Gasteiger charge is -2.21. The van der Waals surface area contributed by atoms with Gasteiger partial charge in [-0.25, -0.2) is 8.42 Å². The van der Waals surface area contributed by atoms with Gasteiger partial charge in [0.2, 0.25) is 0 Å². The summed E-state index contributed by atoms with van der Waals surface area (Å²) in [6.45, 7) is 0.384. The number of ether oxygens (including phenoxy) is 3. The van der Waals surface area contributed by atoms with Crippen molar-refractivity contribution in [3.05, 3.63) is 52.8 Å². The smallest absolute Gasteiger partial charge is 0.270 e. The topological polar surface area (TPSA) is 135 Å². The summed E-state index contributed by atoms with van der Waals surface area (Å²) in [7, 11) is -1.64. The van der Waals surface area contributed by atoms with Crippen molar-refractivity contribution in [2.45, 2.75) is 17.9 Å². The summed E-state index contributed by atoms with van der Waals surface area (Å²) < 4.78 is 52.8. The summed E-state index contributed by atoms with van der Waals surface area (Å²) in [6, 6.07) is 6.29. The van der Waals surface area contributed by atoms with Crippen LogP contribution in [0.3, 0.4) is 0 Å². The van der Waals surface area contributed by atoms with Crippen LogP contribution in [0.4, 0.5) is 5.82 Å². The Balaban J connectivity index is 1.60. The molecule has 0 bridgehead atoms. The molecule has 4 aromatic rings. The number of ketones is 1.